The van der Waals surface area contributed by atoms with Gasteiger partial charge >= 0.3 is 0 Å². The number of nitrogen functional groups attached to an aromatic ring is 1. The van der Waals surface area contributed by atoms with Crippen LogP contribution in [0.5, 0.6) is 5.75 Å². The molecule has 0 aliphatic rings. The van der Waals surface area contributed by atoms with Gasteiger partial charge in [-0.05, 0) is 41.3 Å². The summed E-state index contributed by atoms with van der Waals surface area (Å²) in [4.78, 5) is 0. The molecule has 2 rings (SSSR count). The van der Waals surface area contributed by atoms with E-state index in [0.29, 0.717) is 24.0 Å². The first kappa shape index (κ1) is 13.4. The fourth-order valence-corrected chi connectivity index (χ4v) is 1.80. The molecule has 2 aromatic carbocycles. The van der Waals surface area contributed by atoms with E-state index in [2.05, 4.69) is 13.8 Å². The zero-order chi connectivity index (χ0) is 13.8. The number of rotatable bonds is 4. The van der Waals surface area contributed by atoms with Crippen molar-refractivity contribution in [1.82, 2.24) is 0 Å². The zero-order valence-electron chi connectivity index (χ0n) is 11.2. The maximum absolute atomic E-state index is 12.8. The van der Waals surface area contributed by atoms with Gasteiger partial charge in [-0.15, -0.1) is 0 Å². The second kappa shape index (κ2) is 5.74. The van der Waals surface area contributed by atoms with Gasteiger partial charge in [0.2, 0.25) is 0 Å². The van der Waals surface area contributed by atoms with Crippen molar-refractivity contribution in [2.75, 3.05) is 5.73 Å². The monoisotopic (exact) mass is 259 g/mol. The summed E-state index contributed by atoms with van der Waals surface area (Å²) in [6, 6.07) is 12.1. The highest BCUT2D eigenvalue weighted by molar-refractivity contribution is 5.54. The summed E-state index contributed by atoms with van der Waals surface area (Å²) < 4.78 is 18.4. The number of hydrogen-bond donors (Lipinski definition) is 1. The van der Waals surface area contributed by atoms with Crippen LogP contribution in [0.2, 0.25) is 0 Å². The average Bonchev–Trinajstić information content (AvgIpc) is 2.39. The lowest BCUT2D eigenvalue weighted by Gasteiger charge is -2.12. The normalized spacial score (nSPS) is 10.7. The molecule has 0 spiro atoms. The van der Waals surface area contributed by atoms with Gasteiger partial charge < -0.3 is 10.5 Å². The lowest BCUT2D eigenvalue weighted by molar-refractivity contribution is 0.307. The first-order chi connectivity index (χ1) is 9.06. The van der Waals surface area contributed by atoms with Crippen LogP contribution < -0.4 is 10.5 Å². The van der Waals surface area contributed by atoms with E-state index < -0.39 is 0 Å². The van der Waals surface area contributed by atoms with E-state index in [1.165, 1.54) is 17.7 Å². The summed E-state index contributed by atoms with van der Waals surface area (Å²) in [6.07, 6.45) is 0. The fourth-order valence-electron chi connectivity index (χ4n) is 1.80. The van der Waals surface area contributed by atoms with Crippen molar-refractivity contribution in [3.8, 4) is 5.75 Å². The summed E-state index contributed by atoms with van der Waals surface area (Å²) in [7, 11) is 0. The van der Waals surface area contributed by atoms with Crippen molar-refractivity contribution < 1.29 is 9.13 Å². The number of anilines is 1. The number of hydrogen-bond acceptors (Lipinski definition) is 2. The molecule has 2 aromatic rings. The van der Waals surface area contributed by atoms with Crippen molar-refractivity contribution in [3.63, 3.8) is 0 Å². The van der Waals surface area contributed by atoms with E-state index in [0.717, 1.165) is 5.56 Å². The first-order valence-corrected chi connectivity index (χ1v) is 6.33. The molecule has 2 nitrogen and oxygen atoms in total. The number of nitrogens with two attached hydrogens (primary N) is 1. The van der Waals surface area contributed by atoms with Crippen molar-refractivity contribution >= 4 is 5.69 Å². The van der Waals surface area contributed by atoms with Crippen molar-refractivity contribution in [1.29, 1.82) is 0 Å². The summed E-state index contributed by atoms with van der Waals surface area (Å²) in [5.41, 5.74) is 8.69. The zero-order valence-corrected chi connectivity index (χ0v) is 11.2. The topological polar surface area (TPSA) is 35.2 Å². The van der Waals surface area contributed by atoms with Crippen LogP contribution >= 0.6 is 0 Å². The van der Waals surface area contributed by atoms with Gasteiger partial charge in [0.15, 0.2) is 0 Å². The maximum Gasteiger partial charge on any atom is 0.142 e. The molecule has 19 heavy (non-hydrogen) atoms. The van der Waals surface area contributed by atoms with Gasteiger partial charge in [0, 0.05) is 0 Å². The van der Waals surface area contributed by atoms with Crippen LogP contribution in [0.1, 0.15) is 30.9 Å². The maximum atomic E-state index is 12.8. The molecule has 0 radical (unpaired) electrons. The Morgan fingerprint density at radius 3 is 2.37 bits per heavy atom. The van der Waals surface area contributed by atoms with E-state index in [9.17, 15) is 4.39 Å². The van der Waals surface area contributed by atoms with Crippen LogP contribution in [0, 0.1) is 5.82 Å². The molecule has 0 aliphatic heterocycles. The van der Waals surface area contributed by atoms with Crippen LogP contribution in [0.4, 0.5) is 10.1 Å². The molecule has 0 saturated heterocycles. The van der Waals surface area contributed by atoms with Gasteiger partial charge in [0.1, 0.15) is 18.2 Å². The molecular weight excluding hydrogens is 241 g/mol. The Kier molecular flexibility index (Phi) is 4.05. The largest absolute Gasteiger partial charge is 0.487 e. The third-order valence-corrected chi connectivity index (χ3v) is 3.01. The predicted molar refractivity (Wildman–Crippen MR) is 75.7 cm³/mol. The smallest absolute Gasteiger partial charge is 0.142 e. The molecule has 2 N–H and O–H groups in total. The average molecular weight is 259 g/mol. The molecule has 3 heteroatoms. The minimum atomic E-state index is -0.246. The minimum Gasteiger partial charge on any atom is -0.487 e. The third kappa shape index (κ3) is 3.47. The highest BCUT2D eigenvalue weighted by atomic mass is 19.1. The standard InChI is InChI=1S/C16H18FNO/c1-11(2)13-5-8-16(15(18)9-13)19-10-12-3-6-14(17)7-4-12/h3-9,11H,10,18H2,1-2H3. The van der Waals surface area contributed by atoms with Crippen molar-refractivity contribution in [2.24, 2.45) is 0 Å². The number of benzene rings is 2. The van der Waals surface area contributed by atoms with E-state index in [1.54, 1.807) is 12.1 Å². The van der Waals surface area contributed by atoms with E-state index in [4.69, 9.17) is 10.5 Å². The molecule has 0 heterocycles. The van der Waals surface area contributed by atoms with Crippen LogP contribution in [0.15, 0.2) is 42.5 Å². The summed E-state index contributed by atoms with van der Waals surface area (Å²) in [5, 5.41) is 0. The summed E-state index contributed by atoms with van der Waals surface area (Å²) >= 11 is 0. The molecule has 100 valence electrons. The fraction of sp³-hybridized carbons (Fsp3) is 0.250. The molecule has 0 amide bonds. The molecule has 0 saturated carbocycles. The second-order valence-electron chi connectivity index (χ2n) is 4.87. The predicted octanol–water partition coefficient (Wildman–Crippen LogP) is 4.11. The lowest BCUT2D eigenvalue weighted by atomic mass is 10.0. The highest BCUT2D eigenvalue weighted by Gasteiger charge is 2.05. The summed E-state index contributed by atoms with van der Waals surface area (Å²) in [5.74, 6) is 0.853. The molecule has 0 fully saturated rings. The SMILES string of the molecule is CC(C)c1ccc(OCc2ccc(F)cc2)c(N)c1. The first-order valence-electron chi connectivity index (χ1n) is 6.33. The van der Waals surface area contributed by atoms with Gasteiger partial charge in [-0.3, -0.25) is 0 Å². The Balaban J connectivity index is 2.05. The highest BCUT2D eigenvalue weighted by Crippen LogP contribution is 2.26. The Labute approximate surface area is 113 Å². The van der Waals surface area contributed by atoms with Crippen LogP contribution in [0.3, 0.4) is 0 Å². The minimum absolute atomic E-state index is 0.246. The van der Waals surface area contributed by atoms with Gasteiger partial charge in [-0.25, -0.2) is 4.39 Å². The van der Waals surface area contributed by atoms with Crippen LogP contribution in [-0.2, 0) is 6.61 Å². The van der Waals surface area contributed by atoms with Crippen LogP contribution in [0.25, 0.3) is 0 Å². The van der Waals surface area contributed by atoms with E-state index >= 15 is 0 Å². The van der Waals surface area contributed by atoms with E-state index in [1.807, 2.05) is 18.2 Å². The molecule has 0 unspecified atom stereocenters. The third-order valence-electron chi connectivity index (χ3n) is 3.01. The quantitative estimate of drug-likeness (QED) is 0.839. The van der Waals surface area contributed by atoms with Crippen molar-refractivity contribution in [2.45, 2.75) is 26.4 Å². The number of ether oxygens (including phenoxy) is 1. The molecule has 0 bridgehead atoms. The van der Waals surface area contributed by atoms with Gasteiger partial charge in [-0.2, -0.15) is 0 Å². The lowest BCUT2D eigenvalue weighted by Crippen LogP contribution is -2.00. The van der Waals surface area contributed by atoms with Gasteiger partial charge in [0.05, 0.1) is 5.69 Å². The Morgan fingerprint density at radius 2 is 1.79 bits per heavy atom. The van der Waals surface area contributed by atoms with E-state index in [-0.39, 0.29) is 5.82 Å². The van der Waals surface area contributed by atoms with Gasteiger partial charge in [0.25, 0.3) is 0 Å². The Hall–Kier alpha value is -2.03. The molecule has 0 atom stereocenters. The van der Waals surface area contributed by atoms with Crippen LogP contribution in [-0.4, -0.2) is 0 Å². The summed E-state index contributed by atoms with van der Waals surface area (Å²) in [6.45, 7) is 4.62. The Bertz CT molecular complexity index is 549. The Morgan fingerprint density at radius 1 is 1.11 bits per heavy atom. The number of halogens is 1. The van der Waals surface area contributed by atoms with Crippen molar-refractivity contribution in [3.05, 3.63) is 59.4 Å². The second-order valence-corrected chi connectivity index (χ2v) is 4.87. The molecular formula is C16H18FNO. The van der Waals surface area contributed by atoms with Gasteiger partial charge in [-0.1, -0.05) is 32.0 Å². The molecule has 0 aromatic heterocycles. The molecule has 0 aliphatic carbocycles.